The fourth-order valence-electron chi connectivity index (χ4n) is 8.10. The molecule has 0 aromatic heterocycles. The minimum Gasteiger partial charge on any atom is -0.493 e. The molecule has 0 N–H and O–H groups in total. The fourth-order valence-corrected chi connectivity index (χ4v) is 8.10. The van der Waals surface area contributed by atoms with E-state index in [-0.39, 0.29) is 37.1 Å². The van der Waals surface area contributed by atoms with Crippen LogP contribution in [0.4, 0.5) is 11.4 Å². The van der Waals surface area contributed by atoms with E-state index < -0.39 is 9.85 Å². The summed E-state index contributed by atoms with van der Waals surface area (Å²) in [5, 5.41) is 25.4. The second-order valence-corrected chi connectivity index (χ2v) is 16.2. The predicted molar refractivity (Wildman–Crippen MR) is 241 cm³/mol. The number of nitro benzene ring substituents is 2. The van der Waals surface area contributed by atoms with Gasteiger partial charge in [-0.2, -0.15) is 0 Å². The van der Waals surface area contributed by atoms with Crippen molar-refractivity contribution in [3.05, 3.63) is 124 Å². The van der Waals surface area contributed by atoms with Crippen molar-refractivity contribution in [3.63, 3.8) is 0 Å². The van der Waals surface area contributed by atoms with Gasteiger partial charge in [0, 0.05) is 83.3 Å². The molecule has 332 valence electrons. The maximum atomic E-state index is 12.7. The van der Waals surface area contributed by atoms with Gasteiger partial charge in [0.15, 0.2) is 0 Å². The van der Waals surface area contributed by atoms with Crippen molar-refractivity contribution in [1.82, 2.24) is 0 Å². The first-order valence-corrected chi connectivity index (χ1v) is 22.5. The van der Waals surface area contributed by atoms with Gasteiger partial charge in [-0.15, -0.1) is 0 Å². The van der Waals surface area contributed by atoms with E-state index in [0.717, 1.165) is 89.6 Å². The SMILES string of the molecule is CCCCCOc1c2cc(C=O)cc1Cc1cc([N+](=O)[O-])cc(c1OCCCCC)Cc1cc(C=O)cc(c1OCCCCC)Cc1cc([N+](=O)[O-])cc(c1OCCCCC)C2. The molecule has 12 nitrogen and oxygen atoms in total. The number of unbranched alkanes of at least 4 members (excludes halogenated alkanes) is 8. The number of non-ortho nitro benzene ring substituents is 2. The van der Waals surface area contributed by atoms with Gasteiger partial charge >= 0.3 is 0 Å². The van der Waals surface area contributed by atoms with Crippen LogP contribution in [-0.4, -0.2) is 48.8 Å². The smallest absolute Gasteiger partial charge is 0.270 e. The van der Waals surface area contributed by atoms with Crippen LogP contribution in [0.2, 0.25) is 0 Å². The molecule has 4 aromatic carbocycles. The molecule has 0 fully saturated rings. The number of nitro groups is 2. The molecule has 0 spiro atoms. The molecule has 12 heteroatoms. The number of aldehydes is 2. The number of fused-ring (bicyclic) bond motifs is 8. The Morgan fingerprint density at radius 2 is 0.645 bits per heavy atom. The number of hydrogen-bond acceptors (Lipinski definition) is 10. The lowest BCUT2D eigenvalue weighted by molar-refractivity contribution is -0.385. The third kappa shape index (κ3) is 12.6. The molecule has 1 aliphatic rings. The first-order chi connectivity index (χ1) is 30.1. The second-order valence-electron chi connectivity index (χ2n) is 16.2. The van der Waals surface area contributed by atoms with Crippen molar-refractivity contribution in [2.45, 2.75) is 130 Å². The summed E-state index contributed by atoms with van der Waals surface area (Å²) in [6.45, 7) is 9.92. The van der Waals surface area contributed by atoms with Crippen LogP contribution < -0.4 is 18.9 Å². The summed E-state index contributed by atoms with van der Waals surface area (Å²) in [6.07, 6.45) is 12.7. The zero-order valence-electron chi connectivity index (χ0n) is 36.9. The first kappa shape index (κ1) is 47.3. The van der Waals surface area contributed by atoms with Crippen LogP contribution in [0.5, 0.6) is 23.0 Å². The highest BCUT2D eigenvalue weighted by atomic mass is 16.6. The number of rotatable bonds is 24. The van der Waals surface area contributed by atoms with E-state index in [0.29, 0.717) is 105 Å². The molecule has 0 aliphatic heterocycles. The van der Waals surface area contributed by atoms with Gasteiger partial charge in [0.1, 0.15) is 35.6 Å². The first-order valence-electron chi connectivity index (χ1n) is 22.5. The van der Waals surface area contributed by atoms with Crippen molar-refractivity contribution in [2.75, 3.05) is 26.4 Å². The zero-order chi connectivity index (χ0) is 44.4. The summed E-state index contributed by atoms with van der Waals surface area (Å²) in [7, 11) is 0. The fraction of sp³-hybridized carbons (Fsp3) is 0.480. The van der Waals surface area contributed by atoms with Crippen LogP contribution in [0.1, 0.15) is 170 Å². The summed E-state index contributed by atoms with van der Waals surface area (Å²) in [4.78, 5) is 49.9. The minimum absolute atomic E-state index is 0.121. The van der Waals surface area contributed by atoms with E-state index in [2.05, 4.69) is 27.7 Å². The van der Waals surface area contributed by atoms with Gasteiger partial charge in [-0.05, 0) is 72.2 Å². The van der Waals surface area contributed by atoms with Gasteiger partial charge in [-0.1, -0.05) is 79.1 Å². The second kappa shape index (κ2) is 24.0. The Bertz CT molecular complexity index is 1930. The number of hydrogen-bond donors (Lipinski definition) is 0. The zero-order valence-corrected chi connectivity index (χ0v) is 36.9. The summed E-state index contributed by atoms with van der Waals surface area (Å²) < 4.78 is 26.5. The third-order valence-electron chi connectivity index (χ3n) is 11.2. The predicted octanol–water partition coefficient (Wildman–Crippen LogP) is 12.1. The average molecular weight is 851 g/mol. The number of benzene rings is 4. The maximum absolute atomic E-state index is 12.7. The average Bonchev–Trinajstić information content (AvgIpc) is 3.25. The van der Waals surface area contributed by atoms with E-state index in [4.69, 9.17) is 18.9 Å². The number of ether oxygens (including phenoxy) is 4. The Balaban J connectivity index is 1.89. The summed E-state index contributed by atoms with van der Waals surface area (Å²) in [5.41, 5.74) is 5.14. The van der Waals surface area contributed by atoms with Gasteiger partial charge in [-0.25, -0.2) is 0 Å². The number of carbonyl (C=O) groups is 2. The highest BCUT2D eigenvalue weighted by Gasteiger charge is 2.27. The molecular formula is C50H62N2O10. The Labute approximate surface area is 365 Å². The number of nitrogens with zero attached hydrogens (tertiary/aromatic N) is 2. The lowest BCUT2D eigenvalue weighted by Gasteiger charge is -2.23. The van der Waals surface area contributed by atoms with Crippen LogP contribution >= 0.6 is 0 Å². The van der Waals surface area contributed by atoms with Crippen molar-refractivity contribution in [1.29, 1.82) is 0 Å². The maximum Gasteiger partial charge on any atom is 0.270 e. The highest BCUT2D eigenvalue weighted by molar-refractivity contribution is 5.78. The van der Waals surface area contributed by atoms with Gasteiger partial charge in [0.2, 0.25) is 0 Å². The lowest BCUT2D eigenvalue weighted by Crippen LogP contribution is -2.12. The molecule has 0 unspecified atom stereocenters. The van der Waals surface area contributed by atoms with Crippen molar-refractivity contribution < 1.29 is 38.4 Å². The van der Waals surface area contributed by atoms with Gasteiger partial charge in [0.05, 0.1) is 36.3 Å². The van der Waals surface area contributed by atoms with Crippen molar-refractivity contribution in [2.24, 2.45) is 0 Å². The molecule has 4 aromatic rings. The highest BCUT2D eigenvalue weighted by Crippen LogP contribution is 2.42. The third-order valence-corrected chi connectivity index (χ3v) is 11.2. The molecule has 0 saturated carbocycles. The molecule has 0 atom stereocenters. The molecule has 0 radical (unpaired) electrons. The van der Waals surface area contributed by atoms with E-state index in [1.807, 2.05) is 0 Å². The van der Waals surface area contributed by atoms with Crippen LogP contribution in [0.3, 0.4) is 0 Å². The van der Waals surface area contributed by atoms with E-state index >= 15 is 0 Å². The van der Waals surface area contributed by atoms with Crippen LogP contribution in [0, 0.1) is 20.2 Å². The lowest BCUT2D eigenvalue weighted by atomic mass is 9.89. The largest absolute Gasteiger partial charge is 0.493 e. The molecule has 1 aliphatic carbocycles. The van der Waals surface area contributed by atoms with Gasteiger partial charge < -0.3 is 18.9 Å². The Kier molecular flexibility index (Phi) is 18.3. The summed E-state index contributed by atoms with van der Waals surface area (Å²) in [6, 6.07) is 13.1. The molecular weight excluding hydrogens is 789 g/mol. The minimum atomic E-state index is -0.418. The number of carbonyl (C=O) groups excluding carboxylic acids is 2. The Morgan fingerprint density at radius 1 is 0.419 bits per heavy atom. The standard InChI is InChI=1S/C50H62N2O10/c1-5-9-13-17-59-47-37-21-35(33-53)22-38(47)26-42-30-46(52(57)58)32-44(50(42)62-20-16-12-8-4)28-40-24-36(34-54)23-39(48(40)60-18-14-10-6-2)27-43-31-45(51(55)56)29-41(25-37)49(43)61-19-15-11-7-3/h21-24,29-34H,5-20,25-28H2,1-4H3. The molecule has 0 amide bonds. The van der Waals surface area contributed by atoms with Crippen LogP contribution in [0.25, 0.3) is 0 Å². The van der Waals surface area contributed by atoms with Gasteiger partial charge in [-0.3, -0.25) is 29.8 Å². The molecule has 8 bridgehead atoms. The van der Waals surface area contributed by atoms with Gasteiger partial charge in [0.25, 0.3) is 11.4 Å². The van der Waals surface area contributed by atoms with E-state index in [1.54, 1.807) is 24.3 Å². The van der Waals surface area contributed by atoms with Crippen LogP contribution in [0.15, 0.2) is 48.5 Å². The van der Waals surface area contributed by atoms with Crippen LogP contribution in [-0.2, 0) is 25.7 Å². The normalized spacial score (nSPS) is 12.1. The topological polar surface area (TPSA) is 157 Å². The quantitative estimate of drug-likeness (QED) is 0.0253. The molecule has 62 heavy (non-hydrogen) atoms. The Hall–Kier alpha value is -5.78. The molecule has 0 heterocycles. The molecule has 0 saturated heterocycles. The molecule has 5 rings (SSSR count). The van der Waals surface area contributed by atoms with E-state index in [9.17, 15) is 29.8 Å². The Morgan fingerprint density at radius 3 is 0.839 bits per heavy atom. The van der Waals surface area contributed by atoms with Crippen molar-refractivity contribution >= 4 is 23.9 Å². The van der Waals surface area contributed by atoms with Crippen molar-refractivity contribution in [3.8, 4) is 23.0 Å². The summed E-state index contributed by atoms with van der Waals surface area (Å²) in [5.74, 6) is 2.01. The summed E-state index contributed by atoms with van der Waals surface area (Å²) >= 11 is 0. The monoisotopic (exact) mass is 850 g/mol. The van der Waals surface area contributed by atoms with E-state index in [1.165, 1.54) is 24.3 Å².